The molecule has 1 amide bonds. The number of hydrogen-bond acceptors (Lipinski definition) is 2. The fourth-order valence-corrected chi connectivity index (χ4v) is 4.11. The Morgan fingerprint density at radius 3 is 2.55 bits per heavy atom. The molecule has 2 unspecified atom stereocenters. The summed E-state index contributed by atoms with van der Waals surface area (Å²) in [4.78, 5) is 17.3. The summed E-state index contributed by atoms with van der Waals surface area (Å²) < 4.78 is 0.899. The number of carbonyl (C=O) groups is 1. The van der Waals surface area contributed by atoms with Crippen molar-refractivity contribution in [1.82, 2.24) is 9.80 Å². The average molecular weight is 337 g/mol. The van der Waals surface area contributed by atoms with Crippen molar-refractivity contribution in [3.63, 3.8) is 0 Å². The highest BCUT2D eigenvalue weighted by atomic mass is 79.9. The van der Waals surface area contributed by atoms with E-state index in [1.54, 1.807) is 0 Å². The summed E-state index contributed by atoms with van der Waals surface area (Å²) >= 11 is 3.50. The zero-order chi connectivity index (χ0) is 14.1. The highest BCUT2D eigenvalue weighted by Crippen LogP contribution is 2.31. The number of rotatable bonds is 2. The van der Waals surface area contributed by atoms with Gasteiger partial charge in [-0.15, -0.1) is 0 Å². The van der Waals surface area contributed by atoms with Gasteiger partial charge in [0.1, 0.15) is 0 Å². The van der Waals surface area contributed by atoms with Crippen LogP contribution in [0.3, 0.4) is 0 Å². The lowest BCUT2D eigenvalue weighted by Crippen LogP contribution is -2.47. The lowest BCUT2D eigenvalue weighted by atomic mass is 10.0. The summed E-state index contributed by atoms with van der Waals surface area (Å²) in [6.45, 7) is 2.06. The van der Waals surface area contributed by atoms with E-state index in [-0.39, 0.29) is 5.91 Å². The van der Waals surface area contributed by atoms with Crippen molar-refractivity contribution in [2.75, 3.05) is 20.1 Å². The smallest absolute Gasteiger partial charge is 0.255 e. The van der Waals surface area contributed by atoms with Crippen LogP contribution >= 0.6 is 15.9 Å². The second-order valence-electron chi connectivity index (χ2n) is 5.88. The van der Waals surface area contributed by atoms with Crippen molar-refractivity contribution >= 4 is 21.8 Å². The van der Waals surface area contributed by atoms with Gasteiger partial charge in [-0.05, 0) is 67.3 Å². The van der Waals surface area contributed by atoms with Gasteiger partial charge in [0.05, 0.1) is 5.56 Å². The summed E-state index contributed by atoms with van der Waals surface area (Å²) in [5.74, 6) is 0.181. The second kappa shape index (κ2) is 5.86. The molecule has 2 saturated heterocycles. The Kier molecular flexibility index (Phi) is 4.13. The van der Waals surface area contributed by atoms with Crippen molar-refractivity contribution in [3.8, 4) is 0 Å². The molecule has 2 aliphatic rings. The summed E-state index contributed by atoms with van der Waals surface area (Å²) in [6.07, 6.45) is 4.76. The minimum absolute atomic E-state index is 0.181. The molecule has 2 aliphatic heterocycles. The van der Waals surface area contributed by atoms with Crippen molar-refractivity contribution in [1.29, 1.82) is 0 Å². The van der Waals surface area contributed by atoms with E-state index in [0.29, 0.717) is 12.1 Å². The van der Waals surface area contributed by atoms with Crippen LogP contribution in [0.5, 0.6) is 0 Å². The van der Waals surface area contributed by atoms with E-state index in [1.807, 2.05) is 24.3 Å². The summed E-state index contributed by atoms with van der Waals surface area (Å²) in [6, 6.07) is 8.68. The van der Waals surface area contributed by atoms with Crippen LogP contribution in [-0.2, 0) is 0 Å². The molecule has 0 aliphatic carbocycles. The number of hydrogen-bond donors (Lipinski definition) is 0. The quantitative estimate of drug-likeness (QED) is 0.828. The van der Waals surface area contributed by atoms with Crippen LogP contribution in [0.1, 0.15) is 36.0 Å². The van der Waals surface area contributed by atoms with E-state index in [9.17, 15) is 4.79 Å². The van der Waals surface area contributed by atoms with Gasteiger partial charge in [0.25, 0.3) is 5.91 Å². The minimum atomic E-state index is 0.181. The Bertz CT molecular complexity index is 505. The molecule has 0 bridgehead atoms. The third-order valence-corrected chi connectivity index (χ3v) is 5.38. The first-order chi connectivity index (χ1) is 9.68. The van der Waals surface area contributed by atoms with Gasteiger partial charge in [-0.25, -0.2) is 0 Å². The Labute approximate surface area is 129 Å². The van der Waals surface area contributed by atoms with E-state index in [4.69, 9.17) is 0 Å². The van der Waals surface area contributed by atoms with Crippen LogP contribution in [0.4, 0.5) is 0 Å². The van der Waals surface area contributed by atoms with Crippen LogP contribution < -0.4 is 0 Å². The molecule has 1 aromatic carbocycles. The molecule has 2 heterocycles. The Morgan fingerprint density at radius 1 is 1.15 bits per heavy atom. The molecule has 2 fully saturated rings. The predicted molar refractivity (Wildman–Crippen MR) is 83.9 cm³/mol. The zero-order valence-corrected chi connectivity index (χ0v) is 13.5. The molecule has 0 spiro atoms. The largest absolute Gasteiger partial charge is 0.334 e. The number of nitrogens with zero attached hydrogens (tertiary/aromatic N) is 2. The average Bonchev–Trinajstić information content (AvgIpc) is 3.06. The molecule has 2 atom stereocenters. The van der Waals surface area contributed by atoms with Crippen LogP contribution in [0, 0.1) is 0 Å². The summed E-state index contributed by atoms with van der Waals surface area (Å²) in [7, 11) is 2.19. The first kappa shape index (κ1) is 14.1. The summed E-state index contributed by atoms with van der Waals surface area (Å²) in [5.41, 5.74) is 0.792. The topological polar surface area (TPSA) is 23.6 Å². The first-order valence-corrected chi connectivity index (χ1v) is 8.23. The predicted octanol–water partition coefficient (Wildman–Crippen LogP) is 3.15. The molecule has 0 radical (unpaired) electrons. The maximum absolute atomic E-state index is 12.8. The highest BCUT2D eigenvalue weighted by molar-refractivity contribution is 9.10. The maximum Gasteiger partial charge on any atom is 0.255 e. The van der Waals surface area contributed by atoms with Gasteiger partial charge in [-0.3, -0.25) is 4.79 Å². The third-order valence-electron chi connectivity index (χ3n) is 4.69. The number of carbonyl (C=O) groups excluding carboxylic acids is 1. The van der Waals surface area contributed by atoms with Crippen molar-refractivity contribution in [3.05, 3.63) is 34.3 Å². The monoisotopic (exact) mass is 336 g/mol. The molecule has 108 valence electrons. The van der Waals surface area contributed by atoms with E-state index < -0.39 is 0 Å². The van der Waals surface area contributed by atoms with Gasteiger partial charge in [-0.1, -0.05) is 12.1 Å². The molecule has 1 aromatic rings. The Balaban J connectivity index is 1.82. The summed E-state index contributed by atoms with van der Waals surface area (Å²) in [5, 5.41) is 0. The lowest BCUT2D eigenvalue weighted by Gasteiger charge is -2.33. The van der Waals surface area contributed by atoms with E-state index >= 15 is 0 Å². The van der Waals surface area contributed by atoms with Gasteiger partial charge in [0.2, 0.25) is 0 Å². The number of likely N-dealkylation sites (N-methyl/N-ethyl adjacent to an activating group) is 1. The molecular formula is C16H21BrN2O. The molecular weight excluding hydrogens is 316 g/mol. The van der Waals surface area contributed by atoms with Gasteiger partial charge in [0, 0.05) is 23.1 Å². The lowest BCUT2D eigenvalue weighted by molar-refractivity contribution is 0.0663. The number of likely N-dealkylation sites (tertiary alicyclic amines) is 2. The Morgan fingerprint density at radius 2 is 1.85 bits per heavy atom. The van der Waals surface area contributed by atoms with Crippen LogP contribution in [-0.4, -0.2) is 47.9 Å². The molecule has 3 nitrogen and oxygen atoms in total. The van der Waals surface area contributed by atoms with E-state index in [2.05, 4.69) is 32.8 Å². The normalized spacial score (nSPS) is 27.2. The number of amides is 1. The zero-order valence-electron chi connectivity index (χ0n) is 11.9. The van der Waals surface area contributed by atoms with Gasteiger partial charge < -0.3 is 9.80 Å². The SMILES string of the molecule is CN1CCCC1C1CCCN1C(=O)c1ccccc1Br. The molecule has 3 rings (SSSR count). The fourth-order valence-electron chi connectivity index (χ4n) is 3.66. The van der Waals surface area contributed by atoms with Crippen LogP contribution in [0.15, 0.2) is 28.7 Å². The van der Waals surface area contributed by atoms with Crippen LogP contribution in [0.2, 0.25) is 0 Å². The standard InChI is InChI=1S/C16H21BrN2O/c1-18-10-4-8-14(18)15-9-5-11-19(15)16(20)12-6-2-3-7-13(12)17/h2-3,6-7,14-15H,4-5,8-11H2,1H3. The van der Waals surface area contributed by atoms with Crippen LogP contribution in [0.25, 0.3) is 0 Å². The van der Waals surface area contributed by atoms with Crippen molar-refractivity contribution in [2.45, 2.75) is 37.8 Å². The van der Waals surface area contributed by atoms with Gasteiger partial charge in [0.15, 0.2) is 0 Å². The first-order valence-electron chi connectivity index (χ1n) is 7.44. The minimum Gasteiger partial charge on any atom is -0.334 e. The number of halogens is 1. The molecule has 4 heteroatoms. The number of benzene rings is 1. The molecule has 0 saturated carbocycles. The van der Waals surface area contributed by atoms with Gasteiger partial charge >= 0.3 is 0 Å². The van der Waals surface area contributed by atoms with E-state index in [0.717, 1.165) is 36.0 Å². The van der Waals surface area contributed by atoms with Gasteiger partial charge in [-0.2, -0.15) is 0 Å². The van der Waals surface area contributed by atoms with E-state index in [1.165, 1.54) is 12.8 Å². The fraction of sp³-hybridized carbons (Fsp3) is 0.562. The Hall–Kier alpha value is -0.870. The third kappa shape index (κ3) is 2.51. The highest BCUT2D eigenvalue weighted by Gasteiger charge is 2.38. The molecule has 0 aromatic heterocycles. The molecule has 0 N–H and O–H groups in total. The molecule has 20 heavy (non-hydrogen) atoms. The maximum atomic E-state index is 12.8. The van der Waals surface area contributed by atoms with Crippen molar-refractivity contribution < 1.29 is 4.79 Å². The van der Waals surface area contributed by atoms with Crippen molar-refractivity contribution in [2.24, 2.45) is 0 Å². The second-order valence-corrected chi connectivity index (χ2v) is 6.73.